The number of rotatable bonds is 4. The summed E-state index contributed by atoms with van der Waals surface area (Å²) in [5.41, 5.74) is -0.885. The van der Waals surface area contributed by atoms with Gasteiger partial charge in [0.15, 0.2) is 5.69 Å². The second-order valence-corrected chi connectivity index (χ2v) is 5.55. The lowest BCUT2D eigenvalue weighted by molar-refractivity contribution is -0.141. The molecule has 0 spiro atoms. The zero-order valence-corrected chi connectivity index (χ0v) is 12.4. The smallest absolute Gasteiger partial charge is 0.356 e. The summed E-state index contributed by atoms with van der Waals surface area (Å²) in [7, 11) is 0. The van der Waals surface area contributed by atoms with Crippen molar-refractivity contribution in [3.63, 3.8) is 0 Å². The molecular weight excluding hydrogens is 281 g/mol. The largest absolute Gasteiger partial charge is 0.433 e. The highest BCUT2D eigenvalue weighted by atomic mass is 19.4. The van der Waals surface area contributed by atoms with Crippen LogP contribution in [0.3, 0.4) is 0 Å². The van der Waals surface area contributed by atoms with Crippen molar-refractivity contribution in [3.8, 4) is 0 Å². The highest BCUT2D eigenvalue weighted by molar-refractivity contribution is 5.46. The molecule has 0 radical (unpaired) electrons. The van der Waals surface area contributed by atoms with Crippen LogP contribution >= 0.6 is 0 Å². The van der Waals surface area contributed by atoms with Crippen LogP contribution in [0.25, 0.3) is 0 Å². The van der Waals surface area contributed by atoms with Crippen LogP contribution < -0.4 is 10.2 Å². The Hall–Kier alpha value is -1.53. The highest BCUT2D eigenvalue weighted by Crippen LogP contribution is 2.31. The van der Waals surface area contributed by atoms with Gasteiger partial charge in [-0.25, -0.2) is 4.98 Å². The topological polar surface area (TPSA) is 41.1 Å². The summed E-state index contributed by atoms with van der Waals surface area (Å²) in [6.07, 6.45) is -1.57. The Labute approximate surface area is 122 Å². The Morgan fingerprint density at radius 3 is 2.76 bits per heavy atom. The third-order valence-electron chi connectivity index (χ3n) is 3.52. The number of nitrogens with zero attached hydrogens (tertiary/aromatic N) is 3. The molecule has 21 heavy (non-hydrogen) atoms. The maximum Gasteiger partial charge on any atom is 0.433 e. The van der Waals surface area contributed by atoms with Gasteiger partial charge in [-0.15, -0.1) is 0 Å². The van der Waals surface area contributed by atoms with Crippen molar-refractivity contribution in [1.29, 1.82) is 0 Å². The number of hydrogen-bond donors (Lipinski definition) is 1. The van der Waals surface area contributed by atoms with Gasteiger partial charge in [0.05, 0.1) is 0 Å². The van der Waals surface area contributed by atoms with Gasteiger partial charge in [0, 0.05) is 25.7 Å². The lowest BCUT2D eigenvalue weighted by atomic mass is 10.0. The minimum atomic E-state index is -4.46. The SMILES string of the molecule is CCCNc1nc(N2CCCC(C)C2)cc(C(F)(F)F)n1. The Bertz CT molecular complexity index is 476. The average Bonchev–Trinajstić information content (AvgIpc) is 2.44. The van der Waals surface area contributed by atoms with E-state index in [0.29, 0.717) is 18.3 Å². The molecule has 1 aromatic heterocycles. The molecule has 1 aliphatic heterocycles. The quantitative estimate of drug-likeness (QED) is 0.923. The molecule has 4 nitrogen and oxygen atoms in total. The summed E-state index contributed by atoms with van der Waals surface area (Å²) in [6.45, 7) is 6.08. The van der Waals surface area contributed by atoms with Gasteiger partial charge in [-0.05, 0) is 25.2 Å². The number of halogens is 3. The fourth-order valence-electron chi connectivity index (χ4n) is 2.45. The number of alkyl halides is 3. The van der Waals surface area contributed by atoms with Crippen LogP contribution in [-0.4, -0.2) is 29.6 Å². The normalized spacial score (nSPS) is 19.7. The zero-order chi connectivity index (χ0) is 15.5. The van der Waals surface area contributed by atoms with Gasteiger partial charge in [-0.1, -0.05) is 13.8 Å². The molecule has 1 unspecified atom stereocenters. The predicted octanol–water partition coefficient (Wildman–Crippen LogP) is 3.55. The van der Waals surface area contributed by atoms with E-state index in [9.17, 15) is 13.2 Å². The van der Waals surface area contributed by atoms with Gasteiger partial charge in [0.1, 0.15) is 5.82 Å². The summed E-state index contributed by atoms with van der Waals surface area (Å²) in [5, 5.41) is 2.85. The van der Waals surface area contributed by atoms with E-state index in [-0.39, 0.29) is 5.95 Å². The Balaban J connectivity index is 2.30. The van der Waals surface area contributed by atoms with Crippen molar-refractivity contribution in [2.75, 3.05) is 29.9 Å². The Morgan fingerprint density at radius 1 is 1.38 bits per heavy atom. The third-order valence-corrected chi connectivity index (χ3v) is 3.52. The van der Waals surface area contributed by atoms with Crippen molar-refractivity contribution in [2.24, 2.45) is 5.92 Å². The number of nitrogens with one attached hydrogen (secondary N) is 1. The highest BCUT2D eigenvalue weighted by Gasteiger charge is 2.34. The minimum Gasteiger partial charge on any atom is -0.356 e. The summed E-state index contributed by atoms with van der Waals surface area (Å²) >= 11 is 0. The van der Waals surface area contributed by atoms with Crippen LogP contribution in [0, 0.1) is 5.92 Å². The second kappa shape index (κ2) is 6.49. The molecule has 0 aromatic carbocycles. The first kappa shape index (κ1) is 15.9. The van der Waals surface area contributed by atoms with E-state index in [2.05, 4.69) is 22.2 Å². The lowest BCUT2D eigenvalue weighted by Gasteiger charge is -2.32. The maximum absolute atomic E-state index is 13.0. The molecule has 7 heteroatoms. The van der Waals surface area contributed by atoms with E-state index >= 15 is 0 Å². The molecule has 2 heterocycles. The molecule has 1 aromatic rings. The van der Waals surface area contributed by atoms with Crippen LogP contribution in [0.5, 0.6) is 0 Å². The summed E-state index contributed by atoms with van der Waals surface area (Å²) in [5.74, 6) is 0.887. The summed E-state index contributed by atoms with van der Waals surface area (Å²) in [4.78, 5) is 9.75. The van der Waals surface area contributed by atoms with Gasteiger partial charge in [-0.2, -0.15) is 18.2 Å². The van der Waals surface area contributed by atoms with Crippen molar-refractivity contribution in [3.05, 3.63) is 11.8 Å². The first-order valence-corrected chi connectivity index (χ1v) is 7.35. The minimum absolute atomic E-state index is 0.0555. The monoisotopic (exact) mass is 302 g/mol. The Kier molecular flexibility index (Phi) is 4.90. The van der Waals surface area contributed by atoms with E-state index in [0.717, 1.165) is 38.4 Å². The number of aromatic nitrogens is 2. The fraction of sp³-hybridized carbons (Fsp3) is 0.714. The van der Waals surface area contributed by atoms with Crippen molar-refractivity contribution in [1.82, 2.24) is 9.97 Å². The van der Waals surface area contributed by atoms with Crippen molar-refractivity contribution < 1.29 is 13.2 Å². The van der Waals surface area contributed by atoms with Crippen LogP contribution in [0.4, 0.5) is 24.9 Å². The van der Waals surface area contributed by atoms with Crippen LogP contribution in [0.2, 0.25) is 0 Å². The van der Waals surface area contributed by atoms with E-state index in [1.54, 1.807) is 0 Å². The van der Waals surface area contributed by atoms with E-state index < -0.39 is 11.9 Å². The predicted molar refractivity (Wildman–Crippen MR) is 76.4 cm³/mol. The van der Waals surface area contributed by atoms with Gasteiger partial charge < -0.3 is 10.2 Å². The lowest BCUT2D eigenvalue weighted by Crippen LogP contribution is -2.35. The first-order valence-electron chi connectivity index (χ1n) is 7.35. The molecule has 1 saturated heterocycles. The maximum atomic E-state index is 13.0. The van der Waals surface area contributed by atoms with Crippen molar-refractivity contribution >= 4 is 11.8 Å². The second-order valence-electron chi connectivity index (χ2n) is 5.55. The van der Waals surface area contributed by atoms with Gasteiger partial charge in [0.25, 0.3) is 0 Å². The summed E-state index contributed by atoms with van der Waals surface area (Å²) < 4.78 is 38.9. The van der Waals surface area contributed by atoms with E-state index in [1.165, 1.54) is 0 Å². The van der Waals surface area contributed by atoms with Crippen molar-refractivity contribution in [2.45, 2.75) is 39.3 Å². The molecule has 0 saturated carbocycles. The van der Waals surface area contributed by atoms with Gasteiger partial charge in [-0.3, -0.25) is 0 Å². The fourth-order valence-corrected chi connectivity index (χ4v) is 2.45. The molecular formula is C14H21F3N4. The van der Waals surface area contributed by atoms with Gasteiger partial charge in [0.2, 0.25) is 5.95 Å². The zero-order valence-electron chi connectivity index (χ0n) is 12.4. The molecule has 0 aliphatic carbocycles. The summed E-state index contributed by atoms with van der Waals surface area (Å²) in [6, 6.07) is 1.05. The number of anilines is 2. The molecule has 0 bridgehead atoms. The van der Waals surface area contributed by atoms with E-state index in [4.69, 9.17) is 0 Å². The molecule has 1 aliphatic rings. The standard InChI is InChI=1S/C14H21F3N4/c1-3-6-18-13-19-11(14(15,16)17)8-12(20-13)21-7-4-5-10(2)9-21/h8,10H,3-7,9H2,1-2H3,(H,18,19,20). The first-order chi connectivity index (χ1) is 9.90. The van der Waals surface area contributed by atoms with E-state index in [1.807, 2.05) is 11.8 Å². The molecule has 1 atom stereocenters. The number of hydrogen-bond acceptors (Lipinski definition) is 4. The number of piperidine rings is 1. The molecule has 118 valence electrons. The molecule has 1 fully saturated rings. The average molecular weight is 302 g/mol. The third kappa shape index (κ3) is 4.22. The van der Waals surface area contributed by atoms with Crippen LogP contribution in [0.1, 0.15) is 38.8 Å². The van der Waals surface area contributed by atoms with Crippen LogP contribution in [0.15, 0.2) is 6.07 Å². The molecule has 2 rings (SSSR count). The van der Waals surface area contributed by atoms with Gasteiger partial charge >= 0.3 is 6.18 Å². The Morgan fingerprint density at radius 2 is 2.14 bits per heavy atom. The molecule has 1 N–H and O–H groups in total. The molecule has 0 amide bonds. The van der Waals surface area contributed by atoms with Crippen LogP contribution in [-0.2, 0) is 6.18 Å².